The molecular weight excluding hydrogens is 344 g/mol. The molecule has 3 fully saturated rings. The lowest BCUT2D eigenvalue weighted by atomic mass is 9.91. The first kappa shape index (κ1) is 20.2. The summed E-state index contributed by atoms with van der Waals surface area (Å²) in [5.74, 6) is 1.10. The SMILES string of the molecule is C=C1C(=O)C[C@@H]2[C@@H](CO[Si](C)(C)C(C)(C)C)[C@H](OC3CCCCO3)C[C@H]12. The van der Waals surface area contributed by atoms with Crippen LogP contribution in [0.5, 0.6) is 0 Å². The molecule has 5 atom stereocenters. The third kappa shape index (κ3) is 4.01. The van der Waals surface area contributed by atoms with Crippen LogP contribution in [0.3, 0.4) is 0 Å². The van der Waals surface area contributed by atoms with E-state index < -0.39 is 8.32 Å². The topological polar surface area (TPSA) is 44.8 Å². The first-order valence-corrected chi connectivity index (χ1v) is 13.1. The van der Waals surface area contributed by atoms with E-state index in [-0.39, 0.29) is 35.1 Å². The Morgan fingerprint density at radius 1 is 1.27 bits per heavy atom. The summed E-state index contributed by atoms with van der Waals surface area (Å²) in [4.78, 5) is 12.2. The Morgan fingerprint density at radius 3 is 2.62 bits per heavy atom. The second-order valence-corrected chi connectivity index (χ2v) is 14.7. The molecular formula is C21H36O4Si. The lowest BCUT2D eigenvalue weighted by Crippen LogP contribution is -2.44. The van der Waals surface area contributed by atoms with Crippen LogP contribution in [0, 0.1) is 17.8 Å². The molecule has 1 unspecified atom stereocenters. The fourth-order valence-corrected chi connectivity index (χ4v) is 5.38. The summed E-state index contributed by atoms with van der Waals surface area (Å²) in [5, 5.41) is 0.183. The van der Waals surface area contributed by atoms with E-state index >= 15 is 0 Å². The molecule has 0 aromatic rings. The summed E-state index contributed by atoms with van der Waals surface area (Å²) in [6, 6.07) is 0. The van der Waals surface area contributed by atoms with Gasteiger partial charge in [-0.1, -0.05) is 27.4 Å². The number of ether oxygens (including phenoxy) is 2. The molecule has 1 heterocycles. The van der Waals surface area contributed by atoms with Crippen molar-refractivity contribution in [3.8, 4) is 0 Å². The molecule has 0 N–H and O–H groups in total. The van der Waals surface area contributed by atoms with Gasteiger partial charge in [0.15, 0.2) is 20.4 Å². The van der Waals surface area contributed by atoms with E-state index in [2.05, 4.69) is 40.4 Å². The number of ketones is 1. The summed E-state index contributed by atoms with van der Waals surface area (Å²) in [5.41, 5.74) is 0.808. The van der Waals surface area contributed by atoms with Crippen molar-refractivity contribution in [3.63, 3.8) is 0 Å². The molecule has 3 rings (SSSR count). The maximum absolute atomic E-state index is 12.2. The molecule has 3 aliphatic rings. The van der Waals surface area contributed by atoms with E-state index in [4.69, 9.17) is 13.9 Å². The van der Waals surface area contributed by atoms with Crippen LogP contribution < -0.4 is 0 Å². The van der Waals surface area contributed by atoms with Gasteiger partial charge in [-0.05, 0) is 61.2 Å². The molecule has 5 heteroatoms. The van der Waals surface area contributed by atoms with Crippen LogP contribution >= 0.6 is 0 Å². The monoisotopic (exact) mass is 380 g/mol. The first-order valence-electron chi connectivity index (χ1n) is 10.2. The van der Waals surface area contributed by atoms with Gasteiger partial charge in [0.2, 0.25) is 0 Å². The number of Topliss-reactive ketones (excluding diaryl/α,β-unsaturated/α-hetero) is 1. The lowest BCUT2D eigenvalue weighted by molar-refractivity contribution is -0.197. The summed E-state index contributed by atoms with van der Waals surface area (Å²) in [6.45, 7) is 16.9. The summed E-state index contributed by atoms with van der Waals surface area (Å²) < 4.78 is 18.8. The molecule has 2 aliphatic carbocycles. The van der Waals surface area contributed by atoms with E-state index in [9.17, 15) is 4.79 Å². The highest BCUT2D eigenvalue weighted by molar-refractivity contribution is 6.74. The van der Waals surface area contributed by atoms with Gasteiger partial charge in [-0.15, -0.1) is 0 Å². The van der Waals surface area contributed by atoms with Gasteiger partial charge >= 0.3 is 0 Å². The van der Waals surface area contributed by atoms with E-state index in [1.165, 1.54) is 6.42 Å². The van der Waals surface area contributed by atoms with Crippen molar-refractivity contribution in [2.24, 2.45) is 17.8 Å². The Morgan fingerprint density at radius 2 is 2.00 bits per heavy atom. The summed E-state index contributed by atoms with van der Waals surface area (Å²) >= 11 is 0. The van der Waals surface area contributed by atoms with Gasteiger partial charge in [-0.25, -0.2) is 0 Å². The molecule has 148 valence electrons. The molecule has 0 aromatic carbocycles. The van der Waals surface area contributed by atoms with Gasteiger partial charge in [0, 0.05) is 25.6 Å². The van der Waals surface area contributed by atoms with Crippen molar-refractivity contribution < 1.29 is 18.7 Å². The lowest BCUT2D eigenvalue weighted by Gasteiger charge is -2.38. The van der Waals surface area contributed by atoms with Crippen LogP contribution in [0.1, 0.15) is 52.9 Å². The predicted molar refractivity (Wildman–Crippen MR) is 105 cm³/mol. The number of fused-ring (bicyclic) bond motifs is 1. The third-order valence-corrected chi connectivity index (χ3v) is 11.7. The smallest absolute Gasteiger partial charge is 0.191 e. The first-order chi connectivity index (χ1) is 12.1. The molecule has 2 saturated carbocycles. The number of carbonyl (C=O) groups is 1. The zero-order valence-electron chi connectivity index (χ0n) is 17.2. The van der Waals surface area contributed by atoms with Gasteiger partial charge in [0.25, 0.3) is 0 Å². The minimum absolute atomic E-state index is 0.0908. The van der Waals surface area contributed by atoms with E-state index in [1.54, 1.807) is 0 Å². The van der Waals surface area contributed by atoms with Crippen LogP contribution in [-0.4, -0.2) is 39.7 Å². The second-order valence-electron chi connectivity index (χ2n) is 9.86. The third-order valence-electron chi connectivity index (χ3n) is 7.16. The highest BCUT2D eigenvalue weighted by atomic mass is 28.4. The average molecular weight is 381 g/mol. The normalized spacial score (nSPS) is 35.8. The van der Waals surface area contributed by atoms with Crippen molar-refractivity contribution in [1.82, 2.24) is 0 Å². The van der Waals surface area contributed by atoms with Gasteiger partial charge < -0.3 is 13.9 Å². The predicted octanol–water partition coefficient (Wildman–Crippen LogP) is 4.70. The van der Waals surface area contributed by atoms with Gasteiger partial charge in [-0.3, -0.25) is 4.79 Å². The molecule has 4 nitrogen and oxygen atoms in total. The fourth-order valence-electron chi connectivity index (χ4n) is 4.34. The Hall–Kier alpha value is -0.493. The van der Waals surface area contributed by atoms with Gasteiger partial charge in [-0.2, -0.15) is 0 Å². The van der Waals surface area contributed by atoms with Crippen molar-refractivity contribution in [2.45, 2.75) is 83.4 Å². The number of rotatable bonds is 5. The fraction of sp³-hybridized carbons (Fsp3) is 0.857. The Balaban J connectivity index is 1.70. The maximum Gasteiger partial charge on any atom is 0.191 e. The maximum atomic E-state index is 12.2. The van der Waals surface area contributed by atoms with Gasteiger partial charge in [0.05, 0.1) is 6.10 Å². The highest BCUT2D eigenvalue weighted by Crippen LogP contribution is 2.50. The standard InChI is InChI=1S/C21H36O4Si/c1-14-15-12-19(25-20-9-7-8-10-23-20)17(16(15)11-18(14)22)13-24-26(5,6)21(2,3)4/h15-17,19-20H,1,7-13H2,2-6H3/t15-,16+,17-,19-,20?/m1/s1. The van der Waals surface area contributed by atoms with Crippen molar-refractivity contribution in [2.75, 3.05) is 13.2 Å². The minimum Gasteiger partial charge on any atom is -0.416 e. The van der Waals surface area contributed by atoms with Crippen molar-refractivity contribution in [1.29, 1.82) is 0 Å². The zero-order chi connectivity index (χ0) is 19.1. The average Bonchev–Trinajstić information content (AvgIpc) is 3.02. The molecule has 0 aromatic heterocycles. The number of carbonyl (C=O) groups excluding carboxylic acids is 1. The molecule has 1 aliphatic heterocycles. The Labute approximate surface area is 159 Å². The van der Waals surface area contributed by atoms with Crippen LogP contribution in [-0.2, 0) is 18.7 Å². The van der Waals surface area contributed by atoms with Crippen LogP contribution in [0.15, 0.2) is 12.2 Å². The van der Waals surface area contributed by atoms with E-state index in [0.29, 0.717) is 18.9 Å². The van der Waals surface area contributed by atoms with Crippen molar-refractivity contribution >= 4 is 14.1 Å². The van der Waals surface area contributed by atoms with Crippen LogP contribution in [0.4, 0.5) is 0 Å². The second kappa shape index (κ2) is 7.49. The molecule has 1 saturated heterocycles. The molecule has 0 radical (unpaired) electrons. The quantitative estimate of drug-likeness (QED) is 0.512. The molecule has 0 spiro atoms. The van der Waals surface area contributed by atoms with E-state index in [0.717, 1.165) is 31.4 Å². The molecule has 26 heavy (non-hydrogen) atoms. The van der Waals surface area contributed by atoms with Gasteiger partial charge in [0.1, 0.15) is 0 Å². The number of hydrogen-bond donors (Lipinski definition) is 0. The zero-order valence-corrected chi connectivity index (χ0v) is 18.2. The molecule has 0 bridgehead atoms. The Bertz CT molecular complexity index is 545. The van der Waals surface area contributed by atoms with E-state index in [1.807, 2.05) is 0 Å². The summed E-state index contributed by atoms with van der Waals surface area (Å²) in [6.07, 6.45) is 4.79. The highest BCUT2D eigenvalue weighted by Gasteiger charge is 2.52. The van der Waals surface area contributed by atoms with Crippen molar-refractivity contribution in [3.05, 3.63) is 12.2 Å². The Kier molecular flexibility index (Phi) is 5.84. The minimum atomic E-state index is -1.83. The van der Waals surface area contributed by atoms with Crippen LogP contribution in [0.2, 0.25) is 18.1 Å². The summed E-state index contributed by atoms with van der Waals surface area (Å²) in [7, 11) is -1.83. The van der Waals surface area contributed by atoms with Crippen LogP contribution in [0.25, 0.3) is 0 Å². The number of allylic oxidation sites excluding steroid dienone is 1. The number of hydrogen-bond acceptors (Lipinski definition) is 4. The largest absolute Gasteiger partial charge is 0.416 e. The molecule has 0 amide bonds.